The van der Waals surface area contributed by atoms with Gasteiger partial charge in [-0.3, -0.25) is 9.59 Å². The molecule has 1 aliphatic rings. The van der Waals surface area contributed by atoms with Crippen LogP contribution in [0.3, 0.4) is 0 Å². The number of aliphatic carboxylic acids is 1. The molecule has 0 aromatic rings. The molecule has 2 atom stereocenters. The van der Waals surface area contributed by atoms with Crippen molar-refractivity contribution in [3.63, 3.8) is 0 Å². The number of carboxylic acids is 1. The van der Waals surface area contributed by atoms with Crippen LogP contribution in [0.5, 0.6) is 0 Å². The van der Waals surface area contributed by atoms with Crippen molar-refractivity contribution < 1.29 is 14.7 Å². The molecule has 4 nitrogen and oxygen atoms in total. The molecule has 5 heteroatoms. The predicted molar refractivity (Wildman–Crippen MR) is 41.5 cm³/mol. The van der Waals surface area contributed by atoms with Gasteiger partial charge in [-0.25, -0.2) is 0 Å². The Kier molecular flexibility index (Phi) is 2.38. The molecule has 0 aromatic heterocycles. The number of thioether (sulfide) groups is 1. The van der Waals surface area contributed by atoms with Gasteiger partial charge >= 0.3 is 5.97 Å². The van der Waals surface area contributed by atoms with Crippen LogP contribution in [-0.4, -0.2) is 34.0 Å². The maximum absolute atomic E-state index is 10.9. The summed E-state index contributed by atoms with van der Waals surface area (Å²) in [6, 6.07) is 0.0862. The summed E-state index contributed by atoms with van der Waals surface area (Å²) < 4.78 is 0. The number of carbonyl (C=O) groups excluding carboxylic acids is 1. The summed E-state index contributed by atoms with van der Waals surface area (Å²) in [5.41, 5.74) is 0. The van der Waals surface area contributed by atoms with E-state index in [1.54, 1.807) is 0 Å². The van der Waals surface area contributed by atoms with Crippen LogP contribution < -0.4 is 5.32 Å². The van der Waals surface area contributed by atoms with E-state index in [2.05, 4.69) is 5.32 Å². The third kappa shape index (κ3) is 1.86. The molecule has 1 heterocycles. The zero-order valence-corrected chi connectivity index (χ0v) is 6.85. The minimum absolute atomic E-state index is 0.0862. The predicted octanol–water partition coefficient (Wildman–Crippen LogP) is -0.309. The molecule has 0 aliphatic carbocycles. The van der Waals surface area contributed by atoms with Gasteiger partial charge in [0.15, 0.2) is 5.25 Å². The van der Waals surface area contributed by atoms with Crippen molar-refractivity contribution >= 4 is 23.6 Å². The molecule has 0 unspecified atom stereocenters. The molecule has 1 fully saturated rings. The lowest BCUT2D eigenvalue weighted by molar-refractivity contribution is -0.140. The van der Waals surface area contributed by atoms with E-state index >= 15 is 0 Å². The van der Waals surface area contributed by atoms with E-state index in [9.17, 15) is 9.59 Å². The van der Waals surface area contributed by atoms with Gasteiger partial charge in [-0.15, -0.1) is 11.8 Å². The number of nitrogens with one attached hydrogen (secondary N) is 1. The van der Waals surface area contributed by atoms with Crippen LogP contribution in [0.25, 0.3) is 0 Å². The summed E-state index contributed by atoms with van der Waals surface area (Å²) in [7, 11) is 0. The van der Waals surface area contributed by atoms with Crippen molar-refractivity contribution in [3.8, 4) is 0 Å². The van der Waals surface area contributed by atoms with Crippen LogP contribution in [0.1, 0.15) is 6.92 Å². The molecule has 2 N–H and O–H groups in total. The summed E-state index contributed by atoms with van der Waals surface area (Å²) in [6.07, 6.45) is 0. The quantitative estimate of drug-likeness (QED) is 0.536. The number of hydrogen-bond acceptors (Lipinski definition) is 3. The molecule has 0 bridgehead atoms. The average Bonchev–Trinajstić information content (AvgIpc) is 1.85. The first-order valence-corrected chi connectivity index (χ1v) is 4.31. The number of carbonyl (C=O) groups is 2. The monoisotopic (exact) mass is 175 g/mol. The van der Waals surface area contributed by atoms with Crippen LogP contribution in [0.2, 0.25) is 0 Å². The Morgan fingerprint density at radius 1 is 1.82 bits per heavy atom. The third-order valence-corrected chi connectivity index (χ3v) is 2.81. The average molecular weight is 175 g/mol. The fourth-order valence-corrected chi connectivity index (χ4v) is 1.79. The van der Waals surface area contributed by atoms with Crippen molar-refractivity contribution in [3.05, 3.63) is 0 Å². The Bertz CT molecular complexity index is 194. The summed E-state index contributed by atoms with van der Waals surface area (Å²) in [4.78, 5) is 21.3. The summed E-state index contributed by atoms with van der Waals surface area (Å²) in [5.74, 6) is -0.774. The zero-order valence-electron chi connectivity index (χ0n) is 6.03. The summed E-state index contributed by atoms with van der Waals surface area (Å²) >= 11 is 1.18. The molecule has 0 radical (unpaired) electrons. The first kappa shape index (κ1) is 8.39. The molecule has 62 valence electrons. The first-order chi connectivity index (χ1) is 5.11. The SMILES string of the molecule is C[C@@H]1CS[C@@H](C(=O)O)C(=O)N1. The third-order valence-electron chi connectivity index (χ3n) is 1.36. The van der Waals surface area contributed by atoms with E-state index in [1.807, 2.05) is 6.92 Å². The van der Waals surface area contributed by atoms with E-state index < -0.39 is 11.2 Å². The van der Waals surface area contributed by atoms with Gasteiger partial charge in [0.05, 0.1) is 0 Å². The Balaban J connectivity index is 2.58. The fraction of sp³-hybridized carbons (Fsp3) is 0.667. The van der Waals surface area contributed by atoms with E-state index in [1.165, 1.54) is 11.8 Å². The summed E-state index contributed by atoms with van der Waals surface area (Å²) in [6.45, 7) is 1.85. The minimum atomic E-state index is -1.06. The molecule has 11 heavy (non-hydrogen) atoms. The Labute approximate surface area is 68.3 Å². The number of amides is 1. The second-order valence-corrected chi connectivity index (χ2v) is 3.60. The highest BCUT2D eigenvalue weighted by Crippen LogP contribution is 2.17. The highest BCUT2D eigenvalue weighted by molar-refractivity contribution is 8.01. The number of carboxylic acid groups (broad SMARTS) is 1. The Morgan fingerprint density at radius 3 is 2.91 bits per heavy atom. The second-order valence-electron chi connectivity index (χ2n) is 2.46. The maximum Gasteiger partial charge on any atom is 0.326 e. The van der Waals surface area contributed by atoms with Crippen molar-refractivity contribution in [1.29, 1.82) is 0 Å². The molecule has 0 saturated carbocycles. The van der Waals surface area contributed by atoms with Gasteiger partial charge in [0.25, 0.3) is 0 Å². The zero-order chi connectivity index (χ0) is 8.43. The Hall–Kier alpha value is -0.710. The van der Waals surface area contributed by atoms with Crippen LogP contribution in [0.15, 0.2) is 0 Å². The molecule has 1 amide bonds. The van der Waals surface area contributed by atoms with E-state index in [0.717, 1.165) is 0 Å². The van der Waals surface area contributed by atoms with Crippen LogP contribution in [0.4, 0.5) is 0 Å². The molecule has 1 rings (SSSR count). The van der Waals surface area contributed by atoms with Crippen LogP contribution in [-0.2, 0) is 9.59 Å². The van der Waals surface area contributed by atoms with Gasteiger partial charge in [-0.2, -0.15) is 0 Å². The van der Waals surface area contributed by atoms with E-state index in [4.69, 9.17) is 5.11 Å². The standard InChI is InChI=1S/C6H9NO3S/c1-3-2-11-4(6(9)10)5(8)7-3/h3-4H,2H2,1H3,(H,7,8)(H,9,10)/t3-,4-/m1/s1. The molecule has 1 saturated heterocycles. The topological polar surface area (TPSA) is 66.4 Å². The van der Waals surface area contributed by atoms with Crippen molar-refractivity contribution in [1.82, 2.24) is 5.32 Å². The smallest absolute Gasteiger partial charge is 0.326 e. The summed E-state index contributed by atoms with van der Waals surface area (Å²) in [5, 5.41) is 10.2. The first-order valence-electron chi connectivity index (χ1n) is 3.26. The Morgan fingerprint density at radius 2 is 2.45 bits per heavy atom. The minimum Gasteiger partial charge on any atom is -0.480 e. The van der Waals surface area contributed by atoms with Gasteiger partial charge in [-0.1, -0.05) is 0 Å². The largest absolute Gasteiger partial charge is 0.480 e. The molecule has 0 aromatic carbocycles. The highest BCUT2D eigenvalue weighted by Gasteiger charge is 2.31. The van der Waals surface area contributed by atoms with Crippen LogP contribution >= 0.6 is 11.8 Å². The maximum atomic E-state index is 10.9. The lowest BCUT2D eigenvalue weighted by Gasteiger charge is -2.23. The van der Waals surface area contributed by atoms with Gasteiger partial charge in [0, 0.05) is 11.8 Å². The second kappa shape index (κ2) is 3.13. The fourth-order valence-electron chi connectivity index (χ4n) is 0.860. The van der Waals surface area contributed by atoms with E-state index in [-0.39, 0.29) is 11.9 Å². The van der Waals surface area contributed by atoms with Gasteiger partial charge < -0.3 is 10.4 Å². The molecular weight excluding hydrogens is 166 g/mol. The van der Waals surface area contributed by atoms with Gasteiger partial charge in [-0.05, 0) is 6.92 Å². The number of rotatable bonds is 1. The van der Waals surface area contributed by atoms with E-state index in [0.29, 0.717) is 5.75 Å². The lowest BCUT2D eigenvalue weighted by atomic mass is 10.3. The van der Waals surface area contributed by atoms with Gasteiger partial charge in [0.2, 0.25) is 5.91 Å². The molecular formula is C6H9NO3S. The molecule has 0 spiro atoms. The normalized spacial score (nSPS) is 31.2. The number of hydrogen-bond donors (Lipinski definition) is 2. The molecule has 1 aliphatic heterocycles. The van der Waals surface area contributed by atoms with Crippen molar-refractivity contribution in [2.45, 2.75) is 18.2 Å². The van der Waals surface area contributed by atoms with Crippen LogP contribution in [0, 0.1) is 0 Å². The van der Waals surface area contributed by atoms with Gasteiger partial charge in [0.1, 0.15) is 0 Å². The highest BCUT2D eigenvalue weighted by atomic mass is 32.2. The van der Waals surface area contributed by atoms with Crippen molar-refractivity contribution in [2.75, 3.05) is 5.75 Å². The lowest BCUT2D eigenvalue weighted by Crippen LogP contribution is -2.48. The van der Waals surface area contributed by atoms with Crippen molar-refractivity contribution in [2.24, 2.45) is 0 Å².